The molecule has 0 aromatic heterocycles. The highest BCUT2D eigenvalue weighted by atomic mass is 32.2. The van der Waals surface area contributed by atoms with Crippen molar-refractivity contribution in [1.82, 2.24) is 5.32 Å². The molecule has 5 nitrogen and oxygen atoms in total. The van der Waals surface area contributed by atoms with Gasteiger partial charge in [-0.3, -0.25) is 4.79 Å². The molecule has 0 heterocycles. The van der Waals surface area contributed by atoms with Crippen LogP contribution in [-0.2, 0) is 4.79 Å². The number of hydrogen-bond donors (Lipinski definition) is 3. The van der Waals surface area contributed by atoms with E-state index in [0.717, 1.165) is 11.5 Å². The third-order valence-corrected chi connectivity index (χ3v) is 3.41. The molecule has 94 valence electrons. The Morgan fingerprint density at radius 1 is 1.62 bits per heavy atom. The second kappa shape index (κ2) is 6.62. The number of amidine groups is 1. The SMILES string of the molecule is CCSCC(C)NC(=O)C(C)(C)C(N)=NO. The predicted octanol–water partition coefficient (Wildman–Crippen LogP) is 1.02. The Bertz CT molecular complexity index is 267. The predicted molar refractivity (Wildman–Crippen MR) is 67.8 cm³/mol. The van der Waals surface area contributed by atoms with Crippen LogP contribution in [0.4, 0.5) is 0 Å². The van der Waals surface area contributed by atoms with Crippen molar-refractivity contribution >= 4 is 23.5 Å². The summed E-state index contributed by atoms with van der Waals surface area (Å²) in [6, 6.07) is 0.0724. The van der Waals surface area contributed by atoms with Gasteiger partial charge in [0.05, 0.1) is 0 Å². The molecule has 0 saturated heterocycles. The minimum absolute atomic E-state index is 0.0724. The zero-order chi connectivity index (χ0) is 12.8. The van der Waals surface area contributed by atoms with Crippen molar-refractivity contribution < 1.29 is 10.0 Å². The van der Waals surface area contributed by atoms with Gasteiger partial charge in [-0.1, -0.05) is 12.1 Å². The molecule has 0 aliphatic carbocycles. The lowest BCUT2D eigenvalue weighted by molar-refractivity contribution is -0.126. The van der Waals surface area contributed by atoms with Crippen LogP contribution < -0.4 is 11.1 Å². The molecule has 0 saturated carbocycles. The van der Waals surface area contributed by atoms with Gasteiger partial charge < -0.3 is 16.3 Å². The van der Waals surface area contributed by atoms with E-state index >= 15 is 0 Å². The molecule has 0 fully saturated rings. The Morgan fingerprint density at radius 3 is 2.62 bits per heavy atom. The maximum absolute atomic E-state index is 11.8. The van der Waals surface area contributed by atoms with Gasteiger partial charge in [0.2, 0.25) is 5.91 Å². The molecule has 1 amide bonds. The first kappa shape index (κ1) is 15.1. The molecule has 1 unspecified atom stereocenters. The van der Waals surface area contributed by atoms with Crippen LogP contribution in [0.2, 0.25) is 0 Å². The third kappa shape index (κ3) is 4.30. The molecule has 1 atom stereocenters. The fraction of sp³-hybridized carbons (Fsp3) is 0.800. The van der Waals surface area contributed by atoms with E-state index in [0.29, 0.717) is 0 Å². The van der Waals surface area contributed by atoms with E-state index in [9.17, 15) is 4.79 Å². The number of hydrogen-bond acceptors (Lipinski definition) is 4. The number of nitrogens with one attached hydrogen (secondary N) is 1. The van der Waals surface area contributed by atoms with E-state index in [1.54, 1.807) is 25.6 Å². The van der Waals surface area contributed by atoms with Crippen LogP contribution >= 0.6 is 11.8 Å². The van der Waals surface area contributed by atoms with E-state index in [2.05, 4.69) is 17.4 Å². The van der Waals surface area contributed by atoms with E-state index < -0.39 is 5.41 Å². The van der Waals surface area contributed by atoms with Crippen LogP contribution in [0.25, 0.3) is 0 Å². The van der Waals surface area contributed by atoms with Crippen molar-refractivity contribution in [3.63, 3.8) is 0 Å². The largest absolute Gasteiger partial charge is 0.409 e. The van der Waals surface area contributed by atoms with Crippen molar-refractivity contribution in [2.45, 2.75) is 33.7 Å². The fourth-order valence-electron chi connectivity index (χ4n) is 0.982. The summed E-state index contributed by atoms with van der Waals surface area (Å²) >= 11 is 1.76. The molecular weight excluding hydrogens is 226 g/mol. The average molecular weight is 247 g/mol. The summed E-state index contributed by atoms with van der Waals surface area (Å²) < 4.78 is 0. The zero-order valence-electron chi connectivity index (χ0n) is 10.3. The Hall–Kier alpha value is -0.910. The quantitative estimate of drug-likeness (QED) is 0.283. The van der Waals surface area contributed by atoms with Gasteiger partial charge in [-0.05, 0) is 26.5 Å². The molecule has 0 radical (unpaired) electrons. The maximum Gasteiger partial charge on any atom is 0.233 e. The second-order valence-electron chi connectivity index (χ2n) is 4.14. The summed E-state index contributed by atoms with van der Waals surface area (Å²) in [5.41, 5.74) is 4.48. The van der Waals surface area contributed by atoms with Gasteiger partial charge in [0, 0.05) is 11.8 Å². The van der Waals surface area contributed by atoms with E-state index in [1.807, 2.05) is 6.92 Å². The van der Waals surface area contributed by atoms with Gasteiger partial charge in [0.15, 0.2) is 5.84 Å². The molecule has 0 aliphatic rings. The molecule has 0 bridgehead atoms. The van der Waals surface area contributed by atoms with Crippen molar-refractivity contribution in [3.05, 3.63) is 0 Å². The number of nitrogens with zero attached hydrogens (tertiary/aromatic N) is 1. The molecule has 4 N–H and O–H groups in total. The molecule has 0 rings (SSSR count). The lowest BCUT2D eigenvalue weighted by Gasteiger charge is -2.24. The first-order valence-corrected chi connectivity index (χ1v) is 6.38. The van der Waals surface area contributed by atoms with Crippen LogP contribution in [0, 0.1) is 5.41 Å². The summed E-state index contributed by atoms with van der Waals surface area (Å²) in [5.74, 6) is 1.56. The molecule has 0 aliphatic heterocycles. The summed E-state index contributed by atoms with van der Waals surface area (Å²) in [6.45, 7) is 7.25. The van der Waals surface area contributed by atoms with Crippen LogP contribution in [0.15, 0.2) is 5.16 Å². The standard InChI is InChI=1S/C10H21N3O2S/c1-5-16-6-7(2)12-9(14)10(3,4)8(11)13-15/h7,15H,5-6H2,1-4H3,(H2,11,13)(H,12,14). The summed E-state index contributed by atoms with van der Waals surface area (Å²) in [7, 11) is 0. The van der Waals surface area contributed by atoms with Gasteiger partial charge in [-0.25, -0.2) is 0 Å². The van der Waals surface area contributed by atoms with Crippen LogP contribution in [0.5, 0.6) is 0 Å². The summed E-state index contributed by atoms with van der Waals surface area (Å²) in [4.78, 5) is 11.8. The van der Waals surface area contributed by atoms with Crippen molar-refractivity contribution in [2.75, 3.05) is 11.5 Å². The van der Waals surface area contributed by atoms with Gasteiger partial charge in [-0.2, -0.15) is 11.8 Å². The maximum atomic E-state index is 11.8. The van der Waals surface area contributed by atoms with Crippen molar-refractivity contribution in [2.24, 2.45) is 16.3 Å². The van der Waals surface area contributed by atoms with Crippen LogP contribution in [0.1, 0.15) is 27.7 Å². The average Bonchev–Trinajstić information content (AvgIpc) is 2.24. The van der Waals surface area contributed by atoms with E-state index in [4.69, 9.17) is 10.9 Å². The molecule has 6 heteroatoms. The zero-order valence-corrected chi connectivity index (χ0v) is 11.1. The number of nitrogens with two attached hydrogens (primary N) is 1. The Kier molecular flexibility index (Phi) is 6.25. The minimum Gasteiger partial charge on any atom is -0.409 e. The highest BCUT2D eigenvalue weighted by molar-refractivity contribution is 7.99. The third-order valence-electron chi connectivity index (χ3n) is 2.27. The first-order valence-electron chi connectivity index (χ1n) is 5.23. The molecular formula is C10H21N3O2S. The monoisotopic (exact) mass is 247 g/mol. The lowest BCUT2D eigenvalue weighted by atomic mass is 9.90. The topological polar surface area (TPSA) is 87.7 Å². The number of oxime groups is 1. The number of carbonyl (C=O) groups is 1. The van der Waals surface area contributed by atoms with Crippen LogP contribution in [0.3, 0.4) is 0 Å². The van der Waals surface area contributed by atoms with Crippen molar-refractivity contribution in [3.8, 4) is 0 Å². The summed E-state index contributed by atoms with van der Waals surface area (Å²) in [6.07, 6.45) is 0. The molecule has 0 aromatic rings. The summed E-state index contributed by atoms with van der Waals surface area (Å²) in [5, 5.41) is 14.3. The van der Waals surface area contributed by atoms with Gasteiger partial charge in [0.1, 0.15) is 5.41 Å². The first-order chi connectivity index (χ1) is 7.36. The van der Waals surface area contributed by atoms with E-state index in [-0.39, 0.29) is 17.8 Å². The Balaban J connectivity index is 4.35. The van der Waals surface area contributed by atoms with Crippen molar-refractivity contribution in [1.29, 1.82) is 0 Å². The number of rotatable bonds is 6. The molecule has 0 spiro atoms. The smallest absolute Gasteiger partial charge is 0.233 e. The van der Waals surface area contributed by atoms with Crippen LogP contribution in [-0.4, -0.2) is 34.5 Å². The van der Waals surface area contributed by atoms with Gasteiger partial charge >= 0.3 is 0 Å². The minimum atomic E-state index is -0.986. The highest BCUT2D eigenvalue weighted by Crippen LogP contribution is 2.16. The number of amides is 1. The molecule has 16 heavy (non-hydrogen) atoms. The highest BCUT2D eigenvalue weighted by Gasteiger charge is 2.33. The Labute approximate surface area is 101 Å². The number of thioether (sulfide) groups is 1. The molecule has 0 aromatic carbocycles. The Morgan fingerprint density at radius 2 is 2.19 bits per heavy atom. The lowest BCUT2D eigenvalue weighted by Crippen LogP contribution is -2.49. The second-order valence-corrected chi connectivity index (χ2v) is 5.46. The number of carbonyl (C=O) groups excluding carboxylic acids is 1. The van der Waals surface area contributed by atoms with Gasteiger partial charge in [-0.15, -0.1) is 0 Å². The van der Waals surface area contributed by atoms with E-state index in [1.165, 1.54) is 0 Å². The fourth-order valence-corrected chi connectivity index (χ4v) is 1.65. The normalized spacial score (nSPS) is 14.6. The van der Waals surface area contributed by atoms with Gasteiger partial charge in [0.25, 0.3) is 0 Å².